The maximum atomic E-state index is 3.44. The zero-order valence-corrected chi connectivity index (χ0v) is 11.5. The molecule has 0 saturated heterocycles. The van der Waals surface area contributed by atoms with Crippen LogP contribution in [0, 0.1) is 0 Å². The summed E-state index contributed by atoms with van der Waals surface area (Å²) in [5.74, 6) is 0. The lowest BCUT2D eigenvalue weighted by Crippen LogP contribution is -2.16. The summed E-state index contributed by atoms with van der Waals surface area (Å²) in [5.41, 5.74) is 5.58. The van der Waals surface area contributed by atoms with Gasteiger partial charge in [-0.05, 0) is 53.1 Å². The summed E-state index contributed by atoms with van der Waals surface area (Å²) >= 11 is 1.77. The smallest absolute Gasteiger partial charge is 0.0376 e. The molecule has 2 aromatic rings. The first-order valence-electron chi connectivity index (χ1n) is 6.36. The van der Waals surface area contributed by atoms with E-state index < -0.39 is 0 Å². The Morgan fingerprint density at radius 2 is 2.11 bits per heavy atom. The van der Waals surface area contributed by atoms with Gasteiger partial charge in [0.1, 0.15) is 0 Å². The van der Waals surface area contributed by atoms with Gasteiger partial charge < -0.3 is 5.32 Å². The molecule has 3 rings (SSSR count). The van der Waals surface area contributed by atoms with Crippen molar-refractivity contribution in [2.75, 3.05) is 18.9 Å². The minimum atomic E-state index is 1.00. The third kappa shape index (κ3) is 2.57. The molecule has 18 heavy (non-hydrogen) atoms. The molecule has 0 fully saturated rings. The Hall–Kier alpha value is -1.32. The average Bonchev–Trinajstić information content (AvgIpc) is 2.98. The van der Waals surface area contributed by atoms with Crippen LogP contribution in [0.25, 0.3) is 0 Å². The molecule has 3 heteroatoms. The fourth-order valence-corrected chi connectivity index (χ4v) is 3.16. The molecule has 0 radical (unpaired) electrons. The zero-order valence-electron chi connectivity index (χ0n) is 10.6. The largest absolute Gasteiger partial charge is 0.384 e. The summed E-state index contributed by atoms with van der Waals surface area (Å²) in [7, 11) is 2.18. The first kappa shape index (κ1) is 11.8. The van der Waals surface area contributed by atoms with Crippen molar-refractivity contribution < 1.29 is 0 Å². The molecule has 0 aliphatic carbocycles. The van der Waals surface area contributed by atoms with Gasteiger partial charge in [-0.2, -0.15) is 11.3 Å². The van der Waals surface area contributed by atoms with Crippen LogP contribution in [-0.4, -0.2) is 18.5 Å². The normalized spacial score (nSPS) is 13.7. The molecule has 94 valence electrons. The van der Waals surface area contributed by atoms with Crippen LogP contribution in [0.3, 0.4) is 0 Å². The number of hydrogen-bond acceptors (Lipinski definition) is 3. The van der Waals surface area contributed by atoms with E-state index in [1.54, 1.807) is 11.3 Å². The standard InChI is InChI=1S/C15H18N2S/c1-17(10-13-5-7-18-11-13)9-12-2-3-14-4-6-16-15(14)8-12/h2-3,5,7-8,11,16H,4,6,9-10H2,1H3. The zero-order chi connectivity index (χ0) is 12.4. The Kier molecular flexibility index (Phi) is 3.35. The Morgan fingerprint density at radius 3 is 2.94 bits per heavy atom. The molecule has 0 unspecified atom stereocenters. The highest BCUT2D eigenvalue weighted by atomic mass is 32.1. The van der Waals surface area contributed by atoms with E-state index >= 15 is 0 Å². The van der Waals surface area contributed by atoms with Crippen LogP contribution in [0.2, 0.25) is 0 Å². The van der Waals surface area contributed by atoms with E-state index in [-0.39, 0.29) is 0 Å². The number of hydrogen-bond donors (Lipinski definition) is 1. The predicted molar refractivity (Wildman–Crippen MR) is 78.1 cm³/mol. The van der Waals surface area contributed by atoms with Crippen molar-refractivity contribution in [1.29, 1.82) is 0 Å². The number of fused-ring (bicyclic) bond motifs is 1. The minimum Gasteiger partial charge on any atom is -0.384 e. The van der Waals surface area contributed by atoms with E-state index in [1.165, 1.54) is 28.8 Å². The molecule has 2 heterocycles. The molecule has 0 spiro atoms. The van der Waals surface area contributed by atoms with Crippen molar-refractivity contribution in [3.63, 3.8) is 0 Å². The van der Waals surface area contributed by atoms with Crippen LogP contribution in [-0.2, 0) is 19.5 Å². The Bertz CT molecular complexity index is 519. The summed E-state index contributed by atoms with van der Waals surface area (Å²) in [6.07, 6.45) is 1.17. The van der Waals surface area contributed by atoms with Gasteiger partial charge >= 0.3 is 0 Å². The molecule has 1 N–H and O–H groups in total. The molecular formula is C15H18N2S. The molecule has 1 aromatic carbocycles. The van der Waals surface area contributed by atoms with Crippen LogP contribution in [0.5, 0.6) is 0 Å². The van der Waals surface area contributed by atoms with Crippen LogP contribution in [0.15, 0.2) is 35.0 Å². The van der Waals surface area contributed by atoms with E-state index in [9.17, 15) is 0 Å². The predicted octanol–water partition coefficient (Wildman–Crippen LogP) is 3.35. The number of anilines is 1. The number of rotatable bonds is 4. The van der Waals surface area contributed by atoms with Gasteiger partial charge in [0.25, 0.3) is 0 Å². The van der Waals surface area contributed by atoms with E-state index in [2.05, 4.69) is 52.3 Å². The molecule has 1 aliphatic heterocycles. The first-order chi connectivity index (χ1) is 8.81. The number of thiophene rings is 1. The van der Waals surface area contributed by atoms with Gasteiger partial charge in [-0.1, -0.05) is 12.1 Å². The number of nitrogens with zero attached hydrogens (tertiary/aromatic N) is 1. The summed E-state index contributed by atoms with van der Waals surface area (Å²) in [4.78, 5) is 2.36. The van der Waals surface area contributed by atoms with Crippen molar-refractivity contribution in [3.05, 3.63) is 51.7 Å². The van der Waals surface area contributed by atoms with Gasteiger partial charge in [-0.25, -0.2) is 0 Å². The highest BCUT2D eigenvalue weighted by Gasteiger charge is 2.10. The van der Waals surface area contributed by atoms with E-state index in [0.717, 1.165) is 19.6 Å². The van der Waals surface area contributed by atoms with Gasteiger partial charge in [-0.15, -0.1) is 0 Å². The number of nitrogens with one attached hydrogen (secondary N) is 1. The molecule has 0 amide bonds. The van der Waals surface area contributed by atoms with Crippen LogP contribution >= 0.6 is 11.3 Å². The monoisotopic (exact) mass is 258 g/mol. The maximum Gasteiger partial charge on any atom is 0.0376 e. The second-order valence-electron chi connectivity index (χ2n) is 4.97. The fourth-order valence-electron chi connectivity index (χ4n) is 2.50. The van der Waals surface area contributed by atoms with E-state index in [4.69, 9.17) is 0 Å². The molecule has 1 aliphatic rings. The third-order valence-electron chi connectivity index (χ3n) is 3.37. The maximum absolute atomic E-state index is 3.44. The topological polar surface area (TPSA) is 15.3 Å². The lowest BCUT2D eigenvalue weighted by atomic mass is 10.1. The minimum absolute atomic E-state index is 1.00. The first-order valence-corrected chi connectivity index (χ1v) is 7.31. The number of benzene rings is 1. The molecule has 0 saturated carbocycles. The SMILES string of the molecule is CN(Cc1ccsc1)Cc1ccc2c(c1)NCC2. The van der Waals surface area contributed by atoms with Crippen LogP contribution < -0.4 is 5.32 Å². The Balaban J connectivity index is 1.65. The van der Waals surface area contributed by atoms with Crippen molar-refractivity contribution in [2.24, 2.45) is 0 Å². The van der Waals surface area contributed by atoms with Crippen molar-refractivity contribution in [2.45, 2.75) is 19.5 Å². The summed E-state index contributed by atoms with van der Waals surface area (Å²) in [6, 6.07) is 9.02. The van der Waals surface area contributed by atoms with E-state index in [1.807, 2.05) is 0 Å². The van der Waals surface area contributed by atoms with Gasteiger partial charge in [0.15, 0.2) is 0 Å². The Morgan fingerprint density at radius 1 is 1.22 bits per heavy atom. The van der Waals surface area contributed by atoms with Gasteiger partial charge in [0.05, 0.1) is 0 Å². The second-order valence-corrected chi connectivity index (χ2v) is 5.75. The third-order valence-corrected chi connectivity index (χ3v) is 4.10. The lowest BCUT2D eigenvalue weighted by molar-refractivity contribution is 0.319. The van der Waals surface area contributed by atoms with Gasteiger partial charge in [0.2, 0.25) is 0 Å². The molecule has 1 aromatic heterocycles. The van der Waals surface area contributed by atoms with Crippen molar-refractivity contribution in [1.82, 2.24) is 4.90 Å². The van der Waals surface area contributed by atoms with Crippen molar-refractivity contribution in [3.8, 4) is 0 Å². The lowest BCUT2D eigenvalue weighted by Gasteiger charge is -2.16. The Labute approximate surface area is 112 Å². The molecule has 0 bridgehead atoms. The fraction of sp³-hybridized carbons (Fsp3) is 0.333. The highest BCUT2D eigenvalue weighted by Crippen LogP contribution is 2.24. The van der Waals surface area contributed by atoms with Crippen LogP contribution in [0.4, 0.5) is 5.69 Å². The second kappa shape index (κ2) is 5.12. The molecule has 2 nitrogen and oxygen atoms in total. The molecular weight excluding hydrogens is 240 g/mol. The van der Waals surface area contributed by atoms with Gasteiger partial charge in [-0.3, -0.25) is 4.90 Å². The van der Waals surface area contributed by atoms with Crippen molar-refractivity contribution >= 4 is 17.0 Å². The quantitative estimate of drug-likeness (QED) is 0.904. The van der Waals surface area contributed by atoms with Crippen LogP contribution in [0.1, 0.15) is 16.7 Å². The van der Waals surface area contributed by atoms with Gasteiger partial charge in [0, 0.05) is 25.3 Å². The summed E-state index contributed by atoms with van der Waals surface area (Å²) < 4.78 is 0. The van der Waals surface area contributed by atoms with E-state index in [0.29, 0.717) is 0 Å². The highest BCUT2D eigenvalue weighted by molar-refractivity contribution is 7.07. The average molecular weight is 258 g/mol. The molecule has 0 atom stereocenters. The summed E-state index contributed by atoms with van der Waals surface area (Å²) in [5, 5.41) is 7.81. The summed E-state index contributed by atoms with van der Waals surface area (Å²) in [6.45, 7) is 3.11.